The van der Waals surface area contributed by atoms with E-state index in [9.17, 15) is 4.79 Å². The number of halogens is 2. The number of rotatable bonds is 6. The van der Waals surface area contributed by atoms with Crippen LogP contribution in [0.3, 0.4) is 0 Å². The van der Waals surface area contributed by atoms with Gasteiger partial charge in [0.25, 0.3) is 0 Å². The first-order chi connectivity index (χ1) is 10.5. The minimum atomic E-state index is -0.00736. The van der Waals surface area contributed by atoms with E-state index in [1.165, 1.54) is 10.4 Å². The van der Waals surface area contributed by atoms with E-state index in [0.717, 1.165) is 5.00 Å². The number of aryl methyl sites for hydroxylation is 2. The molecule has 0 aliphatic carbocycles. The molecule has 0 aliphatic rings. The number of hydrogen-bond donors (Lipinski definition) is 1. The first kappa shape index (κ1) is 17.1. The van der Waals surface area contributed by atoms with Gasteiger partial charge in [0.15, 0.2) is 0 Å². The third kappa shape index (κ3) is 4.90. The van der Waals surface area contributed by atoms with Gasteiger partial charge in [0.1, 0.15) is 5.75 Å². The Kier molecular flexibility index (Phi) is 6.12. The molecule has 0 radical (unpaired) electrons. The molecule has 0 fully saturated rings. The first-order valence-electron chi connectivity index (χ1n) is 6.90. The molecule has 1 aromatic heterocycles. The van der Waals surface area contributed by atoms with E-state index < -0.39 is 0 Å². The Balaban J connectivity index is 1.73. The van der Waals surface area contributed by atoms with Crippen LogP contribution in [0.15, 0.2) is 24.3 Å². The summed E-state index contributed by atoms with van der Waals surface area (Å²) in [7, 11) is 0. The quantitative estimate of drug-likeness (QED) is 0.696. The van der Waals surface area contributed by atoms with Crippen molar-refractivity contribution in [2.24, 2.45) is 0 Å². The van der Waals surface area contributed by atoms with Gasteiger partial charge in [0, 0.05) is 16.3 Å². The number of carbonyl (C=O) groups excluding carboxylic acids is 1. The molecule has 1 aromatic carbocycles. The monoisotopic (exact) mass is 357 g/mol. The lowest BCUT2D eigenvalue weighted by atomic mass is 10.3. The van der Waals surface area contributed by atoms with E-state index in [4.69, 9.17) is 27.9 Å². The Morgan fingerprint density at radius 3 is 2.68 bits per heavy atom. The number of amides is 1. The maximum Gasteiger partial charge on any atom is 0.225 e. The standard InChI is InChI=1S/C16H17Cl2NO2S/c1-10-8-16(22-11(10)2)19-15(20)4-3-7-21-14-6-5-12(17)9-13(14)18/h5-6,8-9H,3-4,7H2,1-2H3,(H,19,20). The molecule has 0 saturated heterocycles. The van der Waals surface area contributed by atoms with Crippen molar-refractivity contribution in [3.8, 4) is 5.75 Å². The summed E-state index contributed by atoms with van der Waals surface area (Å²) >= 11 is 13.4. The molecule has 3 nitrogen and oxygen atoms in total. The van der Waals surface area contributed by atoms with Gasteiger partial charge in [-0.25, -0.2) is 0 Å². The molecular weight excluding hydrogens is 341 g/mol. The topological polar surface area (TPSA) is 38.3 Å². The average Bonchev–Trinajstić information content (AvgIpc) is 2.75. The second-order valence-corrected chi connectivity index (χ2v) is 7.02. The van der Waals surface area contributed by atoms with Gasteiger partial charge in [-0.1, -0.05) is 23.2 Å². The molecule has 0 atom stereocenters. The normalized spacial score (nSPS) is 10.5. The van der Waals surface area contributed by atoms with Gasteiger partial charge < -0.3 is 10.1 Å². The molecule has 118 valence electrons. The van der Waals surface area contributed by atoms with Crippen LogP contribution in [0.5, 0.6) is 5.75 Å². The van der Waals surface area contributed by atoms with Crippen LogP contribution < -0.4 is 10.1 Å². The van der Waals surface area contributed by atoms with Gasteiger partial charge in [0.05, 0.1) is 16.6 Å². The van der Waals surface area contributed by atoms with E-state index in [1.54, 1.807) is 29.5 Å². The second-order valence-electron chi connectivity index (χ2n) is 4.92. The highest BCUT2D eigenvalue weighted by molar-refractivity contribution is 7.16. The van der Waals surface area contributed by atoms with Crippen molar-refractivity contribution in [1.29, 1.82) is 0 Å². The van der Waals surface area contributed by atoms with Crippen LogP contribution in [0.25, 0.3) is 0 Å². The van der Waals surface area contributed by atoms with Crippen LogP contribution in [0.2, 0.25) is 10.0 Å². The minimum absolute atomic E-state index is 0.00736. The van der Waals surface area contributed by atoms with Crippen molar-refractivity contribution in [2.75, 3.05) is 11.9 Å². The van der Waals surface area contributed by atoms with Crippen LogP contribution in [-0.4, -0.2) is 12.5 Å². The number of carbonyl (C=O) groups is 1. The number of ether oxygens (including phenoxy) is 1. The molecule has 0 spiro atoms. The summed E-state index contributed by atoms with van der Waals surface area (Å²) in [6.45, 7) is 4.50. The number of thiophene rings is 1. The molecule has 1 heterocycles. The summed E-state index contributed by atoms with van der Waals surface area (Å²) in [4.78, 5) is 13.1. The lowest BCUT2D eigenvalue weighted by molar-refractivity contribution is -0.116. The van der Waals surface area contributed by atoms with Crippen molar-refractivity contribution >= 4 is 45.4 Å². The van der Waals surface area contributed by atoms with E-state index in [0.29, 0.717) is 35.2 Å². The predicted molar refractivity (Wildman–Crippen MR) is 93.6 cm³/mol. The zero-order valence-electron chi connectivity index (χ0n) is 12.4. The van der Waals surface area contributed by atoms with Gasteiger partial charge in [-0.2, -0.15) is 0 Å². The van der Waals surface area contributed by atoms with Gasteiger partial charge in [-0.3, -0.25) is 4.79 Å². The summed E-state index contributed by atoms with van der Waals surface area (Å²) < 4.78 is 5.55. The van der Waals surface area contributed by atoms with Crippen molar-refractivity contribution in [1.82, 2.24) is 0 Å². The molecule has 0 saturated carbocycles. The van der Waals surface area contributed by atoms with Crippen molar-refractivity contribution in [2.45, 2.75) is 26.7 Å². The van der Waals surface area contributed by atoms with Gasteiger partial charge in [-0.15, -0.1) is 11.3 Å². The molecule has 22 heavy (non-hydrogen) atoms. The fourth-order valence-corrected chi connectivity index (χ4v) is 3.26. The third-order valence-corrected chi connectivity index (χ3v) is 4.73. The SMILES string of the molecule is Cc1cc(NC(=O)CCCOc2ccc(Cl)cc2Cl)sc1C. The van der Waals surface area contributed by atoms with Crippen LogP contribution in [-0.2, 0) is 4.79 Å². The zero-order valence-corrected chi connectivity index (χ0v) is 14.7. The Morgan fingerprint density at radius 2 is 2.05 bits per heavy atom. The fraction of sp³-hybridized carbons (Fsp3) is 0.312. The van der Waals surface area contributed by atoms with E-state index in [2.05, 4.69) is 5.32 Å². The highest BCUT2D eigenvalue weighted by Gasteiger charge is 2.07. The first-order valence-corrected chi connectivity index (χ1v) is 8.47. The molecule has 0 aliphatic heterocycles. The van der Waals surface area contributed by atoms with Gasteiger partial charge in [0.2, 0.25) is 5.91 Å². The summed E-state index contributed by atoms with van der Waals surface area (Å²) in [5.41, 5.74) is 1.20. The van der Waals surface area contributed by atoms with E-state index >= 15 is 0 Å². The summed E-state index contributed by atoms with van der Waals surface area (Å²) in [5, 5.41) is 4.83. The van der Waals surface area contributed by atoms with Crippen LogP contribution in [0.4, 0.5) is 5.00 Å². The van der Waals surface area contributed by atoms with E-state index in [1.807, 2.05) is 19.9 Å². The Morgan fingerprint density at radius 1 is 1.27 bits per heavy atom. The summed E-state index contributed by atoms with van der Waals surface area (Å²) in [6, 6.07) is 7.06. The smallest absolute Gasteiger partial charge is 0.225 e. The summed E-state index contributed by atoms with van der Waals surface area (Å²) in [5.74, 6) is 0.572. The Labute approximate surface area is 144 Å². The molecule has 0 unspecified atom stereocenters. The third-order valence-electron chi connectivity index (χ3n) is 3.13. The maximum absolute atomic E-state index is 11.9. The van der Waals surface area contributed by atoms with Crippen LogP contribution >= 0.6 is 34.5 Å². The number of anilines is 1. The van der Waals surface area contributed by atoms with Crippen LogP contribution in [0, 0.1) is 13.8 Å². The lowest BCUT2D eigenvalue weighted by Crippen LogP contribution is -2.12. The maximum atomic E-state index is 11.9. The number of hydrogen-bond acceptors (Lipinski definition) is 3. The number of nitrogens with one attached hydrogen (secondary N) is 1. The molecule has 1 N–H and O–H groups in total. The molecular formula is C16H17Cl2NO2S. The van der Waals surface area contributed by atoms with Crippen molar-refractivity contribution in [3.05, 3.63) is 44.8 Å². The molecule has 1 amide bonds. The largest absolute Gasteiger partial charge is 0.492 e. The Bertz CT molecular complexity index is 651. The molecule has 0 bridgehead atoms. The second kappa shape index (κ2) is 7.86. The molecule has 6 heteroatoms. The number of benzene rings is 1. The fourth-order valence-electron chi connectivity index (χ4n) is 1.84. The van der Waals surface area contributed by atoms with Gasteiger partial charge in [-0.05, 0) is 50.1 Å². The van der Waals surface area contributed by atoms with Crippen LogP contribution in [0.1, 0.15) is 23.3 Å². The minimum Gasteiger partial charge on any atom is -0.492 e. The van der Waals surface area contributed by atoms with E-state index in [-0.39, 0.29) is 5.91 Å². The molecule has 2 aromatic rings. The molecule has 2 rings (SSSR count). The van der Waals surface area contributed by atoms with Gasteiger partial charge >= 0.3 is 0 Å². The zero-order chi connectivity index (χ0) is 16.1. The highest BCUT2D eigenvalue weighted by Crippen LogP contribution is 2.28. The van der Waals surface area contributed by atoms with Crippen molar-refractivity contribution < 1.29 is 9.53 Å². The highest BCUT2D eigenvalue weighted by atomic mass is 35.5. The Hall–Kier alpha value is -1.23. The lowest BCUT2D eigenvalue weighted by Gasteiger charge is -2.08. The average molecular weight is 358 g/mol. The van der Waals surface area contributed by atoms with Crippen molar-refractivity contribution in [3.63, 3.8) is 0 Å². The summed E-state index contributed by atoms with van der Waals surface area (Å²) in [6.07, 6.45) is 1.02. The predicted octanol–water partition coefficient (Wildman–Crippen LogP) is 5.47.